The van der Waals surface area contributed by atoms with Gasteiger partial charge in [-0.05, 0) is 38.6 Å². The molecule has 0 bridgehead atoms. The van der Waals surface area contributed by atoms with Crippen molar-refractivity contribution in [2.24, 2.45) is 11.3 Å². The van der Waals surface area contributed by atoms with Crippen molar-refractivity contribution >= 4 is 0 Å². The number of nitrogens with zero attached hydrogens (tertiary/aromatic N) is 1. The number of nitrogens with one attached hydrogen (secondary N) is 1. The fourth-order valence-corrected chi connectivity index (χ4v) is 3.51. The van der Waals surface area contributed by atoms with Crippen LogP contribution in [0.15, 0.2) is 0 Å². The van der Waals surface area contributed by atoms with Gasteiger partial charge < -0.3 is 10.1 Å². The van der Waals surface area contributed by atoms with Gasteiger partial charge in [-0.3, -0.25) is 4.90 Å². The van der Waals surface area contributed by atoms with Crippen LogP contribution in [0.4, 0.5) is 0 Å². The van der Waals surface area contributed by atoms with E-state index in [4.69, 9.17) is 4.74 Å². The van der Waals surface area contributed by atoms with Crippen molar-refractivity contribution in [3.63, 3.8) is 0 Å². The van der Waals surface area contributed by atoms with Gasteiger partial charge >= 0.3 is 0 Å². The Hall–Kier alpha value is -0.120. The molecule has 2 aliphatic heterocycles. The van der Waals surface area contributed by atoms with E-state index in [1.807, 2.05) is 0 Å². The minimum Gasteiger partial charge on any atom is -0.381 e. The highest BCUT2D eigenvalue weighted by Gasteiger charge is 2.38. The fourth-order valence-electron chi connectivity index (χ4n) is 3.51. The number of piperidine rings is 1. The first-order chi connectivity index (χ1) is 9.01. The van der Waals surface area contributed by atoms with Crippen LogP contribution in [-0.2, 0) is 4.74 Å². The molecule has 2 fully saturated rings. The Bertz CT molecular complexity index is 274. The highest BCUT2D eigenvalue weighted by molar-refractivity contribution is 4.91. The smallest absolute Gasteiger partial charge is 0.0547 e. The highest BCUT2D eigenvalue weighted by atomic mass is 16.5. The van der Waals surface area contributed by atoms with Gasteiger partial charge in [-0.1, -0.05) is 20.8 Å². The SMILES string of the molecule is CC1CCN(CC2(CNC(C)C)CCOC2)C(C)C1. The molecule has 2 heterocycles. The molecule has 3 atom stereocenters. The Morgan fingerprint density at radius 2 is 2.16 bits per heavy atom. The van der Waals surface area contributed by atoms with Gasteiger partial charge in [-0.25, -0.2) is 0 Å². The molecular formula is C16H32N2O. The van der Waals surface area contributed by atoms with Crippen LogP contribution in [0.1, 0.15) is 47.0 Å². The van der Waals surface area contributed by atoms with Gasteiger partial charge in [0.2, 0.25) is 0 Å². The van der Waals surface area contributed by atoms with Crippen LogP contribution in [0.2, 0.25) is 0 Å². The Labute approximate surface area is 119 Å². The molecule has 0 radical (unpaired) electrons. The van der Waals surface area contributed by atoms with E-state index >= 15 is 0 Å². The quantitative estimate of drug-likeness (QED) is 0.829. The predicted octanol–water partition coefficient (Wildman–Crippen LogP) is 2.51. The van der Waals surface area contributed by atoms with Gasteiger partial charge in [0.25, 0.3) is 0 Å². The predicted molar refractivity (Wildman–Crippen MR) is 80.4 cm³/mol. The third-order valence-electron chi connectivity index (χ3n) is 4.88. The summed E-state index contributed by atoms with van der Waals surface area (Å²) in [6.45, 7) is 14.7. The maximum atomic E-state index is 5.72. The number of likely N-dealkylation sites (tertiary alicyclic amines) is 1. The zero-order valence-electron chi connectivity index (χ0n) is 13.2. The molecule has 3 heteroatoms. The molecule has 0 aromatic rings. The Balaban J connectivity index is 1.92. The van der Waals surface area contributed by atoms with Gasteiger partial charge in [0.1, 0.15) is 0 Å². The molecule has 0 aromatic heterocycles. The van der Waals surface area contributed by atoms with Crippen molar-refractivity contribution in [1.29, 1.82) is 0 Å². The van der Waals surface area contributed by atoms with Crippen LogP contribution in [0.25, 0.3) is 0 Å². The summed E-state index contributed by atoms with van der Waals surface area (Å²) in [4.78, 5) is 2.71. The summed E-state index contributed by atoms with van der Waals surface area (Å²) >= 11 is 0. The van der Waals surface area contributed by atoms with Gasteiger partial charge in [-0.15, -0.1) is 0 Å². The molecule has 0 aromatic carbocycles. The molecule has 2 rings (SSSR count). The number of hydrogen-bond donors (Lipinski definition) is 1. The Morgan fingerprint density at radius 1 is 1.37 bits per heavy atom. The van der Waals surface area contributed by atoms with E-state index in [-0.39, 0.29) is 0 Å². The maximum Gasteiger partial charge on any atom is 0.0547 e. The molecule has 0 spiro atoms. The molecule has 1 N–H and O–H groups in total. The maximum absolute atomic E-state index is 5.72. The third kappa shape index (κ3) is 4.17. The number of ether oxygens (including phenoxy) is 1. The first-order valence-electron chi connectivity index (χ1n) is 8.06. The third-order valence-corrected chi connectivity index (χ3v) is 4.88. The molecule has 0 amide bonds. The summed E-state index contributed by atoms with van der Waals surface area (Å²) in [7, 11) is 0. The second-order valence-electron chi connectivity index (χ2n) is 7.29. The molecular weight excluding hydrogens is 236 g/mol. The van der Waals surface area contributed by atoms with Gasteiger partial charge in [0.05, 0.1) is 6.61 Å². The lowest BCUT2D eigenvalue weighted by Crippen LogP contribution is -2.50. The first-order valence-corrected chi connectivity index (χ1v) is 8.06. The van der Waals surface area contributed by atoms with Crippen LogP contribution >= 0.6 is 0 Å². The lowest BCUT2D eigenvalue weighted by molar-refractivity contribution is 0.0578. The fraction of sp³-hybridized carbons (Fsp3) is 1.00. The average molecular weight is 268 g/mol. The van der Waals surface area contributed by atoms with Crippen molar-refractivity contribution in [2.45, 2.75) is 59.0 Å². The Morgan fingerprint density at radius 3 is 2.74 bits per heavy atom. The topological polar surface area (TPSA) is 24.5 Å². The molecule has 2 saturated heterocycles. The lowest BCUT2D eigenvalue weighted by atomic mass is 9.84. The van der Waals surface area contributed by atoms with Crippen molar-refractivity contribution in [1.82, 2.24) is 10.2 Å². The minimum atomic E-state index is 0.346. The molecule has 3 nitrogen and oxygen atoms in total. The van der Waals surface area contributed by atoms with Crippen molar-refractivity contribution in [2.75, 3.05) is 32.8 Å². The van der Waals surface area contributed by atoms with E-state index in [1.165, 1.54) is 32.4 Å². The molecule has 3 unspecified atom stereocenters. The van der Waals surface area contributed by atoms with Gasteiger partial charge in [0, 0.05) is 37.2 Å². The summed E-state index contributed by atoms with van der Waals surface area (Å²) in [6.07, 6.45) is 3.93. The summed E-state index contributed by atoms with van der Waals surface area (Å²) in [6, 6.07) is 1.30. The normalized spacial score (nSPS) is 37.1. The van der Waals surface area contributed by atoms with Crippen LogP contribution in [-0.4, -0.2) is 49.8 Å². The highest BCUT2D eigenvalue weighted by Crippen LogP contribution is 2.32. The summed E-state index contributed by atoms with van der Waals surface area (Å²) < 4.78 is 5.72. The first kappa shape index (κ1) is 15.3. The van der Waals surface area contributed by atoms with Gasteiger partial charge in [0.15, 0.2) is 0 Å². The monoisotopic (exact) mass is 268 g/mol. The van der Waals surface area contributed by atoms with E-state index in [0.29, 0.717) is 11.5 Å². The van der Waals surface area contributed by atoms with E-state index in [2.05, 4.69) is 37.9 Å². The van der Waals surface area contributed by atoms with Crippen LogP contribution in [0, 0.1) is 11.3 Å². The molecule has 19 heavy (non-hydrogen) atoms. The number of hydrogen-bond acceptors (Lipinski definition) is 3. The minimum absolute atomic E-state index is 0.346. The lowest BCUT2D eigenvalue weighted by Gasteiger charge is -2.42. The molecule has 0 saturated carbocycles. The van der Waals surface area contributed by atoms with E-state index in [9.17, 15) is 0 Å². The van der Waals surface area contributed by atoms with Crippen LogP contribution in [0.5, 0.6) is 0 Å². The van der Waals surface area contributed by atoms with Crippen molar-refractivity contribution in [3.05, 3.63) is 0 Å². The summed E-state index contributed by atoms with van der Waals surface area (Å²) in [5.41, 5.74) is 0.346. The number of rotatable bonds is 5. The summed E-state index contributed by atoms with van der Waals surface area (Å²) in [5, 5.41) is 3.63. The van der Waals surface area contributed by atoms with Gasteiger partial charge in [-0.2, -0.15) is 0 Å². The molecule has 2 aliphatic rings. The Kier molecular flexibility index (Phi) is 5.27. The molecule has 112 valence electrons. The van der Waals surface area contributed by atoms with E-state index in [0.717, 1.165) is 31.7 Å². The second kappa shape index (κ2) is 6.55. The zero-order valence-corrected chi connectivity index (χ0v) is 13.2. The van der Waals surface area contributed by atoms with Crippen molar-refractivity contribution in [3.8, 4) is 0 Å². The summed E-state index contributed by atoms with van der Waals surface area (Å²) in [5.74, 6) is 0.899. The zero-order chi connectivity index (χ0) is 13.9. The largest absolute Gasteiger partial charge is 0.381 e. The second-order valence-corrected chi connectivity index (χ2v) is 7.29. The standard InChI is InChI=1S/C16H32N2O/c1-13(2)17-10-16(6-8-19-12-16)11-18-7-5-14(3)9-15(18)4/h13-15,17H,5-12H2,1-4H3. The van der Waals surface area contributed by atoms with E-state index < -0.39 is 0 Å². The van der Waals surface area contributed by atoms with Crippen molar-refractivity contribution < 1.29 is 4.74 Å². The average Bonchev–Trinajstić information content (AvgIpc) is 2.80. The van der Waals surface area contributed by atoms with Crippen LogP contribution in [0.3, 0.4) is 0 Å². The molecule has 0 aliphatic carbocycles. The van der Waals surface area contributed by atoms with Crippen LogP contribution < -0.4 is 5.32 Å². The van der Waals surface area contributed by atoms with E-state index in [1.54, 1.807) is 0 Å².